The molecule has 1 aromatic carbocycles. The van der Waals surface area contributed by atoms with E-state index in [1.165, 1.54) is 18.2 Å². The molecule has 0 atom stereocenters. The van der Waals surface area contributed by atoms with Gasteiger partial charge >= 0.3 is 0 Å². The second-order valence-corrected chi connectivity index (χ2v) is 5.64. The summed E-state index contributed by atoms with van der Waals surface area (Å²) in [7, 11) is 0. The summed E-state index contributed by atoms with van der Waals surface area (Å²) >= 11 is 0. The first-order valence-electron chi connectivity index (χ1n) is 7.45. The van der Waals surface area contributed by atoms with Gasteiger partial charge in [-0.1, -0.05) is 12.1 Å². The van der Waals surface area contributed by atoms with Crippen LogP contribution in [-0.4, -0.2) is 24.4 Å². The van der Waals surface area contributed by atoms with E-state index < -0.39 is 0 Å². The molecule has 108 valence electrons. The van der Waals surface area contributed by atoms with Crippen molar-refractivity contribution in [1.29, 1.82) is 0 Å². The fourth-order valence-corrected chi connectivity index (χ4v) is 3.10. The minimum absolute atomic E-state index is 0.0709. The van der Waals surface area contributed by atoms with Gasteiger partial charge in [0.15, 0.2) is 5.82 Å². The normalized spacial score (nSPS) is 14.5. The lowest BCUT2D eigenvalue weighted by atomic mass is 10.1. The molecule has 5 heteroatoms. The number of aromatic nitrogens is 4. The van der Waals surface area contributed by atoms with Gasteiger partial charge in [0.25, 0.3) is 0 Å². The van der Waals surface area contributed by atoms with E-state index in [0.717, 1.165) is 42.2 Å². The quantitative estimate of drug-likeness (QED) is 0.800. The van der Waals surface area contributed by atoms with Crippen molar-refractivity contribution in [1.82, 2.24) is 19.3 Å². The smallest absolute Gasteiger partial charge is 0.153 e. The lowest BCUT2D eigenvalue weighted by Crippen LogP contribution is -2.15. The molecular formula is C16H18N4O. The Morgan fingerprint density at radius 3 is 3.00 bits per heavy atom. The van der Waals surface area contributed by atoms with Crippen LogP contribution in [0.1, 0.15) is 30.1 Å². The average molecular weight is 282 g/mol. The lowest BCUT2D eigenvalue weighted by molar-refractivity contribution is 0.282. The monoisotopic (exact) mass is 282 g/mol. The first-order valence-corrected chi connectivity index (χ1v) is 7.45. The summed E-state index contributed by atoms with van der Waals surface area (Å²) in [5.41, 5.74) is 2.07. The van der Waals surface area contributed by atoms with E-state index in [-0.39, 0.29) is 6.61 Å². The fourth-order valence-electron chi connectivity index (χ4n) is 3.10. The van der Waals surface area contributed by atoms with E-state index in [1.54, 1.807) is 0 Å². The highest BCUT2D eigenvalue weighted by Crippen LogP contribution is 2.20. The average Bonchev–Trinajstić information content (AvgIpc) is 3.12. The number of aliphatic hydroxyl groups excluding tert-OH is 1. The van der Waals surface area contributed by atoms with Crippen molar-refractivity contribution in [3.63, 3.8) is 0 Å². The molecular weight excluding hydrogens is 264 g/mol. The van der Waals surface area contributed by atoms with Crippen LogP contribution in [-0.2, 0) is 26.1 Å². The number of benzene rings is 1. The zero-order valence-corrected chi connectivity index (χ0v) is 11.9. The Morgan fingerprint density at radius 1 is 1.14 bits per heavy atom. The Morgan fingerprint density at radius 2 is 2.10 bits per heavy atom. The second kappa shape index (κ2) is 5.00. The second-order valence-electron chi connectivity index (χ2n) is 5.64. The van der Waals surface area contributed by atoms with Gasteiger partial charge in [0.1, 0.15) is 5.82 Å². The van der Waals surface area contributed by atoms with Crippen molar-refractivity contribution < 1.29 is 5.11 Å². The topological polar surface area (TPSA) is 55.9 Å². The highest BCUT2D eigenvalue weighted by molar-refractivity contribution is 5.80. The van der Waals surface area contributed by atoms with Crippen LogP contribution in [0.4, 0.5) is 0 Å². The van der Waals surface area contributed by atoms with Gasteiger partial charge in [-0.15, -0.1) is 10.2 Å². The van der Waals surface area contributed by atoms with Gasteiger partial charge in [0, 0.05) is 24.7 Å². The molecule has 0 fully saturated rings. The van der Waals surface area contributed by atoms with E-state index in [1.807, 2.05) is 12.1 Å². The van der Waals surface area contributed by atoms with Gasteiger partial charge < -0.3 is 14.2 Å². The first-order chi connectivity index (χ1) is 10.3. The maximum atomic E-state index is 9.30. The predicted octanol–water partition coefficient (Wildman–Crippen LogP) is 2.11. The van der Waals surface area contributed by atoms with Gasteiger partial charge in [-0.25, -0.2) is 0 Å². The zero-order chi connectivity index (χ0) is 14.2. The Balaban J connectivity index is 1.72. The molecule has 1 N–H and O–H groups in total. The Hall–Kier alpha value is -2.14. The van der Waals surface area contributed by atoms with E-state index in [4.69, 9.17) is 0 Å². The van der Waals surface area contributed by atoms with E-state index in [9.17, 15) is 5.11 Å². The number of rotatable bonds is 3. The van der Waals surface area contributed by atoms with Crippen LogP contribution in [0.15, 0.2) is 30.5 Å². The zero-order valence-electron chi connectivity index (χ0n) is 11.9. The highest BCUT2D eigenvalue weighted by atomic mass is 16.3. The van der Waals surface area contributed by atoms with Crippen molar-refractivity contribution >= 4 is 10.9 Å². The molecule has 1 aliphatic heterocycles. The minimum Gasteiger partial charge on any atom is -0.392 e. The number of nitrogens with zero attached hydrogens (tertiary/aromatic N) is 4. The molecule has 0 bridgehead atoms. The van der Waals surface area contributed by atoms with Crippen LogP contribution in [0.2, 0.25) is 0 Å². The van der Waals surface area contributed by atoms with Crippen LogP contribution in [0.5, 0.6) is 0 Å². The van der Waals surface area contributed by atoms with Gasteiger partial charge in [0.05, 0.1) is 13.2 Å². The fraction of sp³-hybridized carbons (Fsp3) is 0.375. The molecule has 0 radical (unpaired) electrons. The molecule has 0 spiro atoms. The molecule has 0 amide bonds. The molecule has 3 heterocycles. The number of aliphatic hydroxyl groups is 1. The van der Waals surface area contributed by atoms with Crippen molar-refractivity contribution in [2.45, 2.75) is 39.0 Å². The van der Waals surface area contributed by atoms with Crippen molar-refractivity contribution in [2.24, 2.45) is 0 Å². The summed E-state index contributed by atoms with van der Waals surface area (Å²) in [6, 6.07) is 8.16. The lowest BCUT2D eigenvalue weighted by Gasteiger charge is -2.15. The molecule has 0 aliphatic carbocycles. The minimum atomic E-state index is 0.0709. The molecule has 2 aromatic heterocycles. The van der Waals surface area contributed by atoms with E-state index in [2.05, 4.69) is 37.7 Å². The van der Waals surface area contributed by atoms with E-state index >= 15 is 0 Å². The molecule has 0 saturated carbocycles. The standard InChI is InChI=1S/C16H18N4O/c21-11-12-4-5-13-6-8-19(14(13)9-12)10-16-18-17-15-3-1-2-7-20(15)16/h4-6,8-9,21H,1-3,7,10-11H2. The third kappa shape index (κ3) is 2.14. The van der Waals surface area contributed by atoms with Crippen molar-refractivity contribution in [3.05, 3.63) is 47.7 Å². The number of aryl methyl sites for hydroxylation is 1. The van der Waals surface area contributed by atoms with Gasteiger partial charge in [-0.05, 0) is 35.9 Å². The van der Waals surface area contributed by atoms with Crippen LogP contribution >= 0.6 is 0 Å². The molecule has 0 saturated heterocycles. The molecule has 1 aliphatic rings. The highest BCUT2D eigenvalue weighted by Gasteiger charge is 2.16. The molecule has 21 heavy (non-hydrogen) atoms. The summed E-state index contributed by atoms with van der Waals surface area (Å²) in [5.74, 6) is 2.14. The summed E-state index contributed by atoms with van der Waals surface area (Å²) in [5, 5.41) is 19.2. The van der Waals surface area contributed by atoms with E-state index in [0.29, 0.717) is 0 Å². The summed E-state index contributed by atoms with van der Waals surface area (Å²) in [4.78, 5) is 0. The van der Waals surface area contributed by atoms with Crippen LogP contribution in [0.25, 0.3) is 10.9 Å². The SMILES string of the molecule is OCc1ccc2ccn(Cc3nnc4n3CCCC4)c2c1. The van der Waals surface area contributed by atoms with Gasteiger partial charge in [-0.3, -0.25) is 0 Å². The summed E-state index contributed by atoms with van der Waals surface area (Å²) in [6.07, 6.45) is 5.54. The van der Waals surface area contributed by atoms with Crippen LogP contribution < -0.4 is 0 Å². The summed E-state index contributed by atoms with van der Waals surface area (Å²) < 4.78 is 4.44. The van der Waals surface area contributed by atoms with Crippen LogP contribution in [0.3, 0.4) is 0 Å². The Kier molecular flexibility index (Phi) is 3.00. The van der Waals surface area contributed by atoms with Gasteiger partial charge in [0.2, 0.25) is 0 Å². The molecule has 3 aromatic rings. The third-order valence-electron chi connectivity index (χ3n) is 4.27. The maximum Gasteiger partial charge on any atom is 0.153 e. The van der Waals surface area contributed by atoms with Crippen molar-refractivity contribution in [3.8, 4) is 0 Å². The molecule has 4 rings (SSSR count). The predicted molar refractivity (Wildman–Crippen MR) is 79.9 cm³/mol. The molecule has 5 nitrogen and oxygen atoms in total. The Labute approximate surface area is 122 Å². The number of fused-ring (bicyclic) bond motifs is 2. The third-order valence-corrected chi connectivity index (χ3v) is 4.27. The van der Waals surface area contributed by atoms with Crippen LogP contribution in [0, 0.1) is 0 Å². The largest absolute Gasteiger partial charge is 0.392 e. The maximum absolute atomic E-state index is 9.30. The van der Waals surface area contributed by atoms with Gasteiger partial charge in [-0.2, -0.15) is 0 Å². The number of hydrogen-bond acceptors (Lipinski definition) is 3. The number of hydrogen-bond donors (Lipinski definition) is 1. The van der Waals surface area contributed by atoms with Crippen molar-refractivity contribution in [2.75, 3.05) is 0 Å². The first kappa shape index (κ1) is 12.6. The molecule has 0 unspecified atom stereocenters. The Bertz CT molecular complexity index is 787. The summed E-state index contributed by atoms with van der Waals surface area (Å²) in [6.45, 7) is 1.82.